The van der Waals surface area contributed by atoms with Gasteiger partial charge in [-0.1, -0.05) is 164 Å². The zero-order valence-corrected chi connectivity index (χ0v) is 30.9. The normalized spacial score (nSPS) is 11.6. The molecular formula is C51H31N3OS. The van der Waals surface area contributed by atoms with Crippen molar-refractivity contribution in [2.24, 2.45) is 0 Å². The minimum absolute atomic E-state index is 0.643. The fourth-order valence-electron chi connectivity index (χ4n) is 7.84. The molecule has 8 aromatic carbocycles. The Balaban J connectivity index is 1.06. The van der Waals surface area contributed by atoms with Gasteiger partial charge < -0.3 is 4.42 Å². The molecule has 0 N–H and O–H groups in total. The molecular weight excluding hydrogens is 703 g/mol. The van der Waals surface area contributed by atoms with Crippen LogP contribution in [0.15, 0.2) is 192 Å². The van der Waals surface area contributed by atoms with Gasteiger partial charge in [0.05, 0.1) is 0 Å². The number of nitrogens with zero attached hydrogens (tertiary/aromatic N) is 3. The summed E-state index contributed by atoms with van der Waals surface area (Å²) < 4.78 is 8.94. The number of hydrogen-bond acceptors (Lipinski definition) is 5. The van der Waals surface area contributed by atoms with Crippen molar-refractivity contribution in [2.75, 3.05) is 0 Å². The quantitative estimate of drug-likeness (QED) is 0.171. The highest BCUT2D eigenvalue weighted by Gasteiger charge is 2.20. The lowest BCUT2D eigenvalue weighted by atomic mass is 9.94. The van der Waals surface area contributed by atoms with Crippen molar-refractivity contribution >= 4 is 53.4 Å². The summed E-state index contributed by atoms with van der Waals surface area (Å²) in [6.45, 7) is 0. The third kappa shape index (κ3) is 5.48. The largest absolute Gasteiger partial charge is 0.455 e. The van der Waals surface area contributed by atoms with Gasteiger partial charge in [0.1, 0.15) is 11.2 Å². The monoisotopic (exact) mass is 733 g/mol. The van der Waals surface area contributed by atoms with E-state index < -0.39 is 0 Å². The van der Waals surface area contributed by atoms with Crippen LogP contribution < -0.4 is 0 Å². The van der Waals surface area contributed by atoms with E-state index in [1.165, 1.54) is 21.0 Å². The fraction of sp³-hybridized carbons (Fsp3) is 0. The van der Waals surface area contributed by atoms with Crippen LogP contribution in [0, 0.1) is 0 Å². The van der Waals surface area contributed by atoms with E-state index in [4.69, 9.17) is 19.4 Å². The molecule has 56 heavy (non-hydrogen) atoms. The van der Waals surface area contributed by atoms with Crippen LogP contribution in [0.1, 0.15) is 0 Å². The van der Waals surface area contributed by atoms with Gasteiger partial charge in [-0.15, -0.1) is 11.3 Å². The number of fused-ring (bicyclic) bond motifs is 6. The Hall–Kier alpha value is -7.21. The van der Waals surface area contributed by atoms with Gasteiger partial charge in [0.15, 0.2) is 17.5 Å². The second-order valence-electron chi connectivity index (χ2n) is 13.9. The third-order valence-electron chi connectivity index (χ3n) is 10.6. The molecule has 0 aliphatic rings. The first-order valence-corrected chi connectivity index (χ1v) is 19.5. The Morgan fingerprint density at radius 3 is 1.66 bits per heavy atom. The average molecular weight is 734 g/mol. The van der Waals surface area contributed by atoms with E-state index in [-0.39, 0.29) is 0 Å². The third-order valence-corrected chi connectivity index (χ3v) is 11.8. The predicted molar refractivity (Wildman–Crippen MR) is 233 cm³/mol. The first-order chi connectivity index (χ1) is 27.7. The molecule has 0 atom stereocenters. The zero-order chi connectivity index (χ0) is 37.0. The van der Waals surface area contributed by atoms with Gasteiger partial charge in [0.2, 0.25) is 0 Å². The number of furan rings is 1. The van der Waals surface area contributed by atoms with E-state index in [0.717, 1.165) is 71.1 Å². The van der Waals surface area contributed by atoms with Gasteiger partial charge in [-0.25, -0.2) is 15.0 Å². The minimum atomic E-state index is 0.643. The molecule has 11 aromatic rings. The standard InChI is InChI=1S/C51H31N3OS/c1-4-13-32(14-5-1)33-23-25-36(26-24-33)50-52-49(35-17-8-3-9-18-35)53-51(54-50)43-21-12-20-41-40-28-27-37(31-45(40)56-48(41)43)38-29-30-39(34-15-6-2-7-16-34)47-46(38)42-19-10-11-22-44(42)55-47/h1-31H. The number of benzene rings is 8. The van der Waals surface area contributed by atoms with E-state index in [9.17, 15) is 0 Å². The topological polar surface area (TPSA) is 51.8 Å². The predicted octanol–water partition coefficient (Wildman–Crippen LogP) is 14.1. The molecule has 0 spiro atoms. The Labute approximate surface area is 327 Å². The summed E-state index contributed by atoms with van der Waals surface area (Å²) in [7, 11) is 0. The molecule has 11 rings (SSSR count). The summed E-state index contributed by atoms with van der Waals surface area (Å²) in [5, 5.41) is 4.64. The lowest BCUT2D eigenvalue weighted by Crippen LogP contribution is -2.00. The van der Waals surface area contributed by atoms with Crippen LogP contribution in [-0.4, -0.2) is 15.0 Å². The molecule has 5 heteroatoms. The molecule has 3 heterocycles. The summed E-state index contributed by atoms with van der Waals surface area (Å²) in [4.78, 5) is 15.3. The molecule has 4 nitrogen and oxygen atoms in total. The summed E-state index contributed by atoms with van der Waals surface area (Å²) >= 11 is 1.78. The molecule has 0 saturated carbocycles. The first kappa shape index (κ1) is 32.2. The highest BCUT2D eigenvalue weighted by molar-refractivity contribution is 7.26. The van der Waals surface area contributed by atoms with Gasteiger partial charge in [0.25, 0.3) is 0 Å². The lowest BCUT2D eigenvalue weighted by Gasteiger charge is -2.10. The Morgan fingerprint density at radius 2 is 0.911 bits per heavy atom. The van der Waals surface area contributed by atoms with Crippen LogP contribution in [-0.2, 0) is 0 Å². The molecule has 0 fully saturated rings. The Bertz CT molecular complexity index is 3230. The van der Waals surface area contributed by atoms with E-state index in [0.29, 0.717) is 17.5 Å². The van der Waals surface area contributed by atoms with E-state index in [1.54, 1.807) is 11.3 Å². The maximum Gasteiger partial charge on any atom is 0.165 e. The minimum Gasteiger partial charge on any atom is -0.455 e. The number of aromatic nitrogens is 3. The molecule has 0 radical (unpaired) electrons. The van der Waals surface area contributed by atoms with Gasteiger partial charge in [-0.2, -0.15) is 0 Å². The highest BCUT2D eigenvalue weighted by Crippen LogP contribution is 2.45. The first-order valence-electron chi connectivity index (χ1n) is 18.7. The highest BCUT2D eigenvalue weighted by atomic mass is 32.1. The lowest BCUT2D eigenvalue weighted by molar-refractivity contribution is 0.670. The Morgan fingerprint density at radius 1 is 0.357 bits per heavy atom. The molecule has 0 unspecified atom stereocenters. The molecule has 0 aliphatic heterocycles. The van der Waals surface area contributed by atoms with E-state index >= 15 is 0 Å². The maximum atomic E-state index is 6.59. The fourth-order valence-corrected chi connectivity index (χ4v) is 9.09. The van der Waals surface area contributed by atoms with Gasteiger partial charge in [-0.3, -0.25) is 0 Å². The van der Waals surface area contributed by atoms with Crippen LogP contribution >= 0.6 is 11.3 Å². The maximum absolute atomic E-state index is 6.59. The zero-order valence-electron chi connectivity index (χ0n) is 30.1. The van der Waals surface area contributed by atoms with Crippen molar-refractivity contribution < 1.29 is 4.42 Å². The average Bonchev–Trinajstić information content (AvgIpc) is 3.86. The van der Waals surface area contributed by atoms with Crippen LogP contribution in [0.5, 0.6) is 0 Å². The van der Waals surface area contributed by atoms with Crippen molar-refractivity contribution in [3.63, 3.8) is 0 Å². The second kappa shape index (κ2) is 13.3. The van der Waals surface area contributed by atoms with Crippen molar-refractivity contribution in [3.05, 3.63) is 188 Å². The second-order valence-corrected chi connectivity index (χ2v) is 15.0. The molecule has 0 bridgehead atoms. The van der Waals surface area contributed by atoms with Crippen LogP contribution in [0.3, 0.4) is 0 Å². The number of thiophene rings is 1. The van der Waals surface area contributed by atoms with Crippen LogP contribution in [0.2, 0.25) is 0 Å². The molecule has 0 amide bonds. The number of rotatable bonds is 6. The molecule has 262 valence electrons. The summed E-state index contributed by atoms with van der Waals surface area (Å²) in [5.74, 6) is 1.94. The van der Waals surface area contributed by atoms with E-state index in [2.05, 4.69) is 152 Å². The van der Waals surface area contributed by atoms with Gasteiger partial charge in [0, 0.05) is 53.2 Å². The van der Waals surface area contributed by atoms with Crippen molar-refractivity contribution in [1.82, 2.24) is 15.0 Å². The smallest absolute Gasteiger partial charge is 0.165 e. The summed E-state index contributed by atoms with van der Waals surface area (Å²) in [6, 6.07) is 65.6. The summed E-state index contributed by atoms with van der Waals surface area (Å²) in [6.07, 6.45) is 0. The number of hydrogen-bond donors (Lipinski definition) is 0. The number of para-hydroxylation sites is 1. The van der Waals surface area contributed by atoms with Gasteiger partial charge in [-0.05, 0) is 52.1 Å². The Kier molecular flexibility index (Phi) is 7.64. The SMILES string of the molecule is c1ccc(-c2ccc(-c3nc(-c4ccccc4)nc(-c4cccc5c4sc4cc(-c6ccc(-c7ccccc7)c7oc8ccccc8c67)ccc45)n3)cc2)cc1. The van der Waals surface area contributed by atoms with Crippen LogP contribution in [0.4, 0.5) is 0 Å². The molecule has 0 aliphatic carbocycles. The van der Waals surface area contributed by atoms with Crippen molar-refractivity contribution in [3.8, 4) is 67.5 Å². The van der Waals surface area contributed by atoms with Crippen LogP contribution in [0.25, 0.3) is 110 Å². The molecule has 0 saturated heterocycles. The van der Waals surface area contributed by atoms with Crippen molar-refractivity contribution in [1.29, 1.82) is 0 Å². The molecule has 3 aromatic heterocycles. The summed E-state index contributed by atoms with van der Waals surface area (Å²) in [5.41, 5.74) is 11.5. The van der Waals surface area contributed by atoms with E-state index in [1.807, 2.05) is 36.4 Å². The van der Waals surface area contributed by atoms with Crippen molar-refractivity contribution in [2.45, 2.75) is 0 Å². The van der Waals surface area contributed by atoms with Gasteiger partial charge >= 0.3 is 0 Å².